The normalized spacial score (nSPS) is 12.8. The molecule has 36 heavy (non-hydrogen) atoms. The first-order valence-electron chi connectivity index (χ1n) is 11.8. The molecule has 2 atom stereocenters. The number of aliphatic hydroxyl groups excluding tert-OH is 1. The monoisotopic (exact) mass is 495 g/mol. The van der Waals surface area contributed by atoms with Crippen molar-refractivity contribution in [1.82, 2.24) is 10.2 Å². The lowest BCUT2D eigenvalue weighted by molar-refractivity contribution is -0.140. The molecular weight excluding hydrogens is 458 g/mol. The molecule has 0 aliphatic heterocycles. The fourth-order valence-corrected chi connectivity index (χ4v) is 3.84. The van der Waals surface area contributed by atoms with Crippen molar-refractivity contribution in [2.45, 2.75) is 59.2 Å². The summed E-state index contributed by atoms with van der Waals surface area (Å²) in [5, 5.41) is 15.4. The molecule has 2 unspecified atom stereocenters. The molecule has 0 fully saturated rings. The molecule has 8 nitrogen and oxygen atoms in total. The van der Waals surface area contributed by atoms with Crippen LogP contribution in [0.2, 0.25) is 0 Å². The Morgan fingerprint density at radius 3 is 2.14 bits per heavy atom. The molecular formula is C28H37N3O5. The Morgan fingerprint density at radius 1 is 1.03 bits per heavy atom. The van der Waals surface area contributed by atoms with Crippen LogP contribution in [0.1, 0.15) is 49.1 Å². The smallest absolute Gasteiger partial charge is 0.408 e. The van der Waals surface area contributed by atoms with Crippen LogP contribution in [0.5, 0.6) is 0 Å². The number of amides is 3. The quantitative estimate of drug-likeness (QED) is 0.452. The highest BCUT2D eigenvalue weighted by molar-refractivity contribution is 6.00. The van der Waals surface area contributed by atoms with Gasteiger partial charge in [-0.25, -0.2) is 4.79 Å². The van der Waals surface area contributed by atoms with Gasteiger partial charge in [-0.1, -0.05) is 48.5 Å². The summed E-state index contributed by atoms with van der Waals surface area (Å²) in [6.45, 7) is 13.8. The Bertz CT molecular complexity index is 1090. The minimum atomic E-state index is -1.32. The average molecular weight is 496 g/mol. The number of alkyl carbamates (subject to hydrolysis) is 1. The molecule has 0 saturated carbocycles. The van der Waals surface area contributed by atoms with Crippen molar-refractivity contribution in [3.05, 3.63) is 77.4 Å². The van der Waals surface area contributed by atoms with Gasteiger partial charge >= 0.3 is 6.09 Å². The summed E-state index contributed by atoms with van der Waals surface area (Å²) in [4.78, 5) is 41.1. The van der Waals surface area contributed by atoms with Gasteiger partial charge in [-0.05, 0) is 63.8 Å². The largest absolute Gasteiger partial charge is 0.444 e. The number of carbonyl (C=O) groups excluding carboxylic acids is 3. The maximum atomic E-state index is 13.8. The van der Waals surface area contributed by atoms with Crippen molar-refractivity contribution in [2.24, 2.45) is 0 Å². The second kappa shape index (κ2) is 12.4. The zero-order chi connectivity index (χ0) is 27.0. The van der Waals surface area contributed by atoms with Crippen LogP contribution in [0.25, 0.3) is 0 Å². The van der Waals surface area contributed by atoms with Gasteiger partial charge in [-0.2, -0.15) is 0 Å². The zero-order valence-corrected chi connectivity index (χ0v) is 21.9. The predicted octanol–water partition coefficient (Wildman–Crippen LogP) is 4.19. The van der Waals surface area contributed by atoms with Gasteiger partial charge in [0.05, 0.1) is 6.61 Å². The summed E-state index contributed by atoms with van der Waals surface area (Å²) in [7, 11) is 0. The van der Waals surface area contributed by atoms with Crippen molar-refractivity contribution >= 4 is 23.6 Å². The highest BCUT2D eigenvalue weighted by Crippen LogP contribution is 2.28. The highest BCUT2D eigenvalue weighted by atomic mass is 16.6. The molecule has 2 aromatic carbocycles. The fourth-order valence-electron chi connectivity index (χ4n) is 3.84. The van der Waals surface area contributed by atoms with Gasteiger partial charge in [-0.3, -0.25) is 9.59 Å². The Balaban J connectivity index is 2.50. The van der Waals surface area contributed by atoms with Crippen LogP contribution in [0.15, 0.2) is 55.1 Å². The van der Waals surface area contributed by atoms with Gasteiger partial charge in [-0.15, -0.1) is 6.58 Å². The van der Waals surface area contributed by atoms with E-state index < -0.39 is 42.2 Å². The molecule has 8 heteroatoms. The van der Waals surface area contributed by atoms with E-state index >= 15 is 0 Å². The second-order valence-electron chi connectivity index (χ2n) is 9.68. The second-order valence-corrected chi connectivity index (χ2v) is 9.68. The van der Waals surface area contributed by atoms with Crippen LogP contribution >= 0.6 is 0 Å². The minimum Gasteiger partial charge on any atom is -0.444 e. The van der Waals surface area contributed by atoms with Crippen molar-refractivity contribution in [3.63, 3.8) is 0 Å². The summed E-state index contributed by atoms with van der Waals surface area (Å²) in [6, 6.07) is 10.6. The van der Waals surface area contributed by atoms with Crippen molar-refractivity contribution < 1.29 is 24.2 Å². The summed E-state index contributed by atoms with van der Waals surface area (Å²) < 4.78 is 5.25. The number of anilines is 1. The number of hydrogen-bond acceptors (Lipinski definition) is 5. The lowest BCUT2D eigenvalue weighted by Crippen LogP contribution is -2.54. The highest BCUT2D eigenvalue weighted by Gasteiger charge is 2.36. The molecule has 0 aromatic heterocycles. The molecule has 194 valence electrons. The minimum absolute atomic E-state index is 0.00447. The van der Waals surface area contributed by atoms with Gasteiger partial charge in [0, 0.05) is 12.2 Å². The molecule has 2 rings (SSSR count). The van der Waals surface area contributed by atoms with E-state index in [2.05, 4.69) is 17.2 Å². The van der Waals surface area contributed by atoms with Crippen LogP contribution in [0.4, 0.5) is 10.5 Å². The van der Waals surface area contributed by atoms with Gasteiger partial charge < -0.3 is 25.4 Å². The number of nitrogens with one attached hydrogen (secondary N) is 2. The molecule has 0 heterocycles. The fraction of sp³-hybridized carbons (Fsp3) is 0.393. The third-order valence-corrected chi connectivity index (χ3v) is 5.55. The first-order valence-corrected chi connectivity index (χ1v) is 11.8. The van der Waals surface area contributed by atoms with Gasteiger partial charge in [0.25, 0.3) is 5.91 Å². The van der Waals surface area contributed by atoms with E-state index in [1.54, 1.807) is 32.9 Å². The number of para-hydroxylation sites is 1. The molecule has 2 aromatic rings. The van der Waals surface area contributed by atoms with Crippen molar-refractivity contribution in [2.75, 3.05) is 18.5 Å². The summed E-state index contributed by atoms with van der Waals surface area (Å²) in [5.41, 5.74) is 3.06. The Morgan fingerprint density at radius 2 is 1.61 bits per heavy atom. The number of rotatable bonds is 9. The molecule has 0 bridgehead atoms. The number of ether oxygens (including phenoxy) is 1. The van der Waals surface area contributed by atoms with Gasteiger partial charge in [0.15, 0.2) is 0 Å². The van der Waals surface area contributed by atoms with E-state index in [4.69, 9.17) is 4.74 Å². The van der Waals surface area contributed by atoms with Crippen molar-refractivity contribution in [3.8, 4) is 0 Å². The van der Waals surface area contributed by atoms with E-state index in [-0.39, 0.29) is 6.54 Å². The lowest BCUT2D eigenvalue weighted by atomic mass is 9.97. The van der Waals surface area contributed by atoms with E-state index in [1.165, 1.54) is 11.0 Å². The molecule has 0 aliphatic rings. The summed E-state index contributed by atoms with van der Waals surface area (Å²) >= 11 is 0. The molecule has 3 amide bonds. The number of aliphatic hydroxyl groups is 1. The van der Waals surface area contributed by atoms with E-state index in [9.17, 15) is 19.5 Å². The van der Waals surface area contributed by atoms with Crippen LogP contribution in [0.3, 0.4) is 0 Å². The topological polar surface area (TPSA) is 108 Å². The summed E-state index contributed by atoms with van der Waals surface area (Å²) in [6.07, 6.45) is 0.651. The standard InChI is InChI=1S/C28H37N3O5/c1-8-16-31(26(34)22(17-32)29-27(35)36-28(5,6)7)24(21-15-10-9-12-18(21)2)25(33)30-23-19(3)13-11-14-20(23)4/h8-15,22,24,32H,1,16-17H2,2-7H3,(H,29,35)(H,30,33). The number of aryl methyl sites for hydroxylation is 3. The predicted molar refractivity (Wildman–Crippen MR) is 141 cm³/mol. The van der Waals surface area contributed by atoms with E-state index in [0.29, 0.717) is 11.3 Å². The van der Waals surface area contributed by atoms with Gasteiger partial charge in [0.1, 0.15) is 17.7 Å². The molecule has 0 spiro atoms. The van der Waals surface area contributed by atoms with Crippen LogP contribution in [0, 0.1) is 20.8 Å². The van der Waals surface area contributed by atoms with Crippen molar-refractivity contribution in [1.29, 1.82) is 0 Å². The molecule has 0 aliphatic carbocycles. The first kappa shape index (κ1) is 28.6. The van der Waals surface area contributed by atoms with Crippen LogP contribution in [-0.2, 0) is 14.3 Å². The van der Waals surface area contributed by atoms with E-state index in [1.807, 2.05) is 51.1 Å². The zero-order valence-electron chi connectivity index (χ0n) is 21.9. The van der Waals surface area contributed by atoms with E-state index in [0.717, 1.165) is 16.7 Å². The third kappa shape index (κ3) is 7.42. The number of hydrogen-bond donors (Lipinski definition) is 3. The number of nitrogens with zero attached hydrogens (tertiary/aromatic N) is 1. The Kier molecular flexibility index (Phi) is 9.81. The maximum absolute atomic E-state index is 13.8. The van der Waals surface area contributed by atoms with Crippen LogP contribution in [-0.4, -0.2) is 52.7 Å². The van der Waals surface area contributed by atoms with Crippen LogP contribution < -0.4 is 10.6 Å². The molecule has 0 saturated heterocycles. The lowest BCUT2D eigenvalue weighted by Gasteiger charge is -2.34. The number of carbonyl (C=O) groups is 3. The summed E-state index contributed by atoms with van der Waals surface area (Å²) in [5.74, 6) is -1.07. The SMILES string of the molecule is C=CCN(C(=O)C(CO)NC(=O)OC(C)(C)C)C(C(=O)Nc1c(C)cccc1C)c1ccccc1C. The Labute approximate surface area is 213 Å². The average Bonchev–Trinajstić information content (AvgIpc) is 2.79. The third-order valence-electron chi connectivity index (χ3n) is 5.55. The Hall–Kier alpha value is -3.65. The maximum Gasteiger partial charge on any atom is 0.408 e. The molecule has 3 N–H and O–H groups in total. The first-order chi connectivity index (χ1) is 16.9. The van der Waals surface area contributed by atoms with Gasteiger partial charge in [0.2, 0.25) is 5.91 Å². The number of benzene rings is 2. The molecule has 0 radical (unpaired) electrons.